The van der Waals surface area contributed by atoms with Crippen LogP contribution in [0.15, 0.2) is 29.2 Å². The van der Waals surface area contributed by atoms with Crippen LogP contribution in [0.3, 0.4) is 0 Å². The van der Waals surface area contributed by atoms with E-state index in [-0.39, 0.29) is 18.4 Å². The molecule has 1 N–H and O–H groups in total. The number of hydrogen-bond donors (Lipinski definition) is 1. The molecule has 120 valence electrons. The van der Waals surface area contributed by atoms with Crippen LogP contribution >= 0.6 is 12.4 Å². The second-order valence-corrected chi connectivity index (χ2v) is 7.08. The lowest BCUT2D eigenvalue weighted by Crippen LogP contribution is -2.42. The first-order chi connectivity index (χ1) is 9.61. The predicted octanol–water partition coefficient (Wildman–Crippen LogP) is 2.43. The number of halogens is 1. The molecule has 1 atom stereocenters. The SMILES string of the molecule is CCCN(C1CCNC1)S(=O)(=O)c1ccccc1CC.Cl. The third-order valence-corrected chi connectivity index (χ3v) is 5.88. The van der Waals surface area contributed by atoms with Gasteiger partial charge in [-0.3, -0.25) is 0 Å². The Morgan fingerprint density at radius 2 is 2.00 bits per heavy atom. The predicted molar refractivity (Wildman–Crippen MR) is 88.5 cm³/mol. The van der Waals surface area contributed by atoms with Gasteiger partial charge in [0.15, 0.2) is 0 Å². The largest absolute Gasteiger partial charge is 0.315 e. The summed E-state index contributed by atoms with van der Waals surface area (Å²) in [6, 6.07) is 7.44. The Kier molecular flexibility index (Phi) is 7.13. The van der Waals surface area contributed by atoms with Crippen LogP contribution in [-0.2, 0) is 16.4 Å². The molecule has 2 rings (SSSR count). The van der Waals surface area contributed by atoms with Crippen molar-refractivity contribution in [1.82, 2.24) is 9.62 Å². The Morgan fingerprint density at radius 3 is 2.57 bits per heavy atom. The van der Waals surface area contributed by atoms with Crippen LogP contribution in [0.4, 0.5) is 0 Å². The quantitative estimate of drug-likeness (QED) is 0.870. The number of nitrogens with zero attached hydrogens (tertiary/aromatic N) is 1. The van der Waals surface area contributed by atoms with Gasteiger partial charge in [0.1, 0.15) is 0 Å². The molecule has 1 aromatic rings. The standard InChI is InChI=1S/C15H24N2O2S.ClH/c1-3-11-17(14-9-10-16-12-14)20(18,19)15-8-6-5-7-13(15)4-2;/h5-8,14,16H,3-4,9-12H2,1-2H3;1H. The van der Waals surface area contributed by atoms with Gasteiger partial charge >= 0.3 is 0 Å². The van der Waals surface area contributed by atoms with Crippen LogP contribution < -0.4 is 5.32 Å². The number of aryl methyl sites for hydroxylation is 1. The molecule has 1 heterocycles. The van der Waals surface area contributed by atoms with Crippen molar-refractivity contribution in [2.45, 2.75) is 44.0 Å². The summed E-state index contributed by atoms with van der Waals surface area (Å²) in [5.74, 6) is 0. The zero-order chi connectivity index (χ0) is 14.6. The van der Waals surface area contributed by atoms with Crippen molar-refractivity contribution in [1.29, 1.82) is 0 Å². The van der Waals surface area contributed by atoms with Gasteiger partial charge in [0.2, 0.25) is 10.0 Å². The van der Waals surface area contributed by atoms with E-state index in [0.29, 0.717) is 11.4 Å². The summed E-state index contributed by atoms with van der Waals surface area (Å²) in [7, 11) is -3.40. The molecule has 1 saturated heterocycles. The van der Waals surface area contributed by atoms with Crippen LogP contribution in [0.5, 0.6) is 0 Å². The van der Waals surface area contributed by atoms with Crippen molar-refractivity contribution in [3.63, 3.8) is 0 Å². The molecule has 1 unspecified atom stereocenters. The fourth-order valence-electron chi connectivity index (χ4n) is 2.78. The fraction of sp³-hybridized carbons (Fsp3) is 0.600. The molecule has 21 heavy (non-hydrogen) atoms. The summed E-state index contributed by atoms with van der Waals surface area (Å²) in [4.78, 5) is 0.475. The van der Waals surface area contributed by atoms with Crippen molar-refractivity contribution in [3.05, 3.63) is 29.8 Å². The summed E-state index contributed by atoms with van der Waals surface area (Å²) in [5.41, 5.74) is 0.902. The van der Waals surface area contributed by atoms with E-state index in [1.807, 2.05) is 32.0 Å². The minimum Gasteiger partial charge on any atom is -0.315 e. The second-order valence-electron chi connectivity index (χ2n) is 5.22. The molecule has 0 saturated carbocycles. The van der Waals surface area contributed by atoms with Gasteiger partial charge in [-0.2, -0.15) is 4.31 Å². The number of hydrogen-bond acceptors (Lipinski definition) is 3. The Hall–Kier alpha value is -0.620. The lowest BCUT2D eigenvalue weighted by Gasteiger charge is -2.28. The Balaban J connectivity index is 0.00000220. The highest BCUT2D eigenvalue weighted by atomic mass is 35.5. The van der Waals surface area contributed by atoms with Crippen LogP contribution in [0, 0.1) is 0 Å². The first kappa shape index (κ1) is 18.4. The maximum Gasteiger partial charge on any atom is 0.243 e. The molecule has 0 radical (unpaired) electrons. The highest BCUT2D eigenvalue weighted by molar-refractivity contribution is 7.89. The maximum atomic E-state index is 13.0. The molecular weight excluding hydrogens is 308 g/mol. The average molecular weight is 333 g/mol. The van der Waals surface area contributed by atoms with E-state index in [2.05, 4.69) is 5.32 Å². The Bertz CT molecular complexity index is 542. The molecule has 0 aromatic heterocycles. The van der Waals surface area contributed by atoms with Gasteiger partial charge in [0.05, 0.1) is 4.90 Å². The second kappa shape index (κ2) is 8.13. The van der Waals surface area contributed by atoms with Gasteiger partial charge in [0, 0.05) is 19.1 Å². The van der Waals surface area contributed by atoms with Gasteiger partial charge in [-0.15, -0.1) is 12.4 Å². The van der Waals surface area contributed by atoms with E-state index in [9.17, 15) is 8.42 Å². The third-order valence-electron chi connectivity index (χ3n) is 3.83. The van der Waals surface area contributed by atoms with Gasteiger partial charge in [-0.05, 0) is 37.4 Å². The summed E-state index contributed by atoms with van der Waals surface area (Å²) in [6.07, 6.45) is 2.47. The van der Waals surface area contributed by atoms with Gasteiger partial charge in [0.25, 0.3) is 0 Å². The minimum atomic E-state index is -3.40. The van der Waals surface area contributed by atoms with Crippen LogP contribution in [0.2, 0.25) is 0 Å². The molecule has 1 fully saturated rings. The molecule has 1 aromatic carbocycles. The van der Waals surface area contributed by atoms with Crippen molar-refractivity contribution < 1.29 is 8.42 Å². The van der Waals surface area contributed by atoms with Crippen molar-refractivity contribution >= 4 is 22.4 Å². The Labute approximate surface area is 134 Å². The maximum absolute atomic E-state index is 13.0. The van der Waals surface area contributed by atoms with E-state index >= 15 is 0 Å². The molecule has 4 nitrogen and oxygen atoms in total. The van der Waals surface area contributed by atoms with Gasteiger partial charge in [-0.1, -0.05) is 32.0 Å². The van der Waals surface area contributed by atoms with Crippen molar-refractivity contribution in [3.8, 4) is 0 Å². The van der Waals surface area contributed by atoms with Gasteiger partial charge in [-0.25, -0.2) is 8.42 Å². The lowest BCUT2D eigenvalue weighted by molar-refractivity contribution is 0.335. The van der Waals surface area contributed by atoms with E-state index in [1.165, 1.54) is 0 Å². The summed E-state index contributed by atoms with van der Waals surface area (Å²) < 4.78 is 27.7. The van der Waals surface area contributed by atoms with Crippen LogP contribution in [0.1, 0.15) is 32.3 Å². The first-order valence-electron chi connectivity index (χ1n) is 7.41. The average Bonchev–Trinajstić information content (AvgIpc) is 2.98. The smallest absolute Gasteiger partial charge is 0.243 e. The molecule has 0 spiro atoms. The monoisotopic (exact) mass is 332 g/mol. The van der Waals surface area contributed by atoms with Crippen LogP contribution in [0.25, 0.3) is 0 Å². The summed E-state index contributed by atoms with van der Waals surface area (Å²) >= 11 is 0. The Morgan fingerprint density at radius 1 is 1.29 bits per heavy atom. The third kappa shape index (κ3) is 3.97. The zero-order valence-electron chi connectivity index (χ0n) is 12.7. The van der Waals surface area contributed by atoms with Crippen molar-refractivity contribution in [2.24, 2.45) is 0 Å². The first-order valence-corrected chi connectivity index (χ1v) is 8.85. The molecule has 0 bridgehead atoms. The summed E-state index contributed by atoms with van der Waals surface area (Å²) in [5, 5.41) is 3.26. The van der Waals surface area contributed by atoms with E-state index < -0.39 is 10.0 Å². The normalized spacial score (nSPS) is 18.7. The van der Waals surface area contributed by atoms with Crippen molar-refractivity contribution in [2.75, 3.05) is 19.6 Å². The fourth-order valence-corrected chi connectivity index (χ4v) is 4.82. The van der Waals surface area contributed by atoms with E-state index in [1.54, 1.807) is 10.4 Å². The topological polar surface area (TPSA) is 49.4 Å². The number of benzene rings is 1. The van der Waals surface area contributed by atoms with E-state index in [0.717, 1.165) is 37.9 Å². The van der Waals surface area contributed by atoms with E-state index in [4.69, 9.17) is 0 Å². The molecule has 0 amide bonds. The summed E-state index contributed by atoms with van der Waals surface area (Å²) in [6.45, 7) is 6.27. The number of sulfonamides is 1. The zero-order valence-corrected chi connectivity index (χ0v) is 14.3. The van der Waals surface area contributed by atoms with Crippen LogP contribution in [-0.4, -0.2) is 38.4 Å². The molecule has 0 aliphatic carbocycles. The van der Waals surface area contributed by atoms with Gasteiger partial charge < -0.3 is 5.32 Å². The molecule has 1 aliphatic heterocycles. The molecule has 6 heteroatoms. The highest BCUT2D eigenvalue weighted by Gasteiger charge is 2.33. The minimum absolute atomic E-state index is 0. The molecular formula is C15H25ClN2O2S. The number of rotatable bonds is 6. The molecule has 1 aliphatic rings. The lowest BCUT2D eigenvalue weighted by atomic mass is 10.2. The highest BCUT2D eigenvalue weighted by Crippen LogP contribution is 2.24. The number of nitrogens with one attached hydrogen (secondary N) is 1.